The highest BCUT2D eigenvalue weighted by Crippen LogP contribution is 2.30. The van der Waals surface area contributed by atoms with E-state index < -0.39 is 17.6 Å². The van der Waals surface area contributed by atoms with Crippen LogP contribution >= 0.6 is 0 Å². The van der Waals surface area contributed by atoms with Crippen LogP contribution in [0.1, 0.15) is 23.6 Å². The highest BCUT2D eigenvalue weighted by Gasteiger charge is 2.31. The molecule has 92 valence electrons. The Hall–Kier alpha value is -1.85. The smallest absolute Gasteiger partial charge is 0.416 e. The number of rotatable bonds is 3. The molecule has 17 heavy (non-hydrogen) atoms. The van der Waals surface area contributed by atoms with E-state index in [-0.39, 0.29) is 5.56 Å². The van der Waals surface area contributed by atoms with Gasteiger partial charge in [-0.2, -0.15) is 13.2 Å². The average Bonchev–Trinajstić information content (AvgIpc) is 2.27. The van der Waals surface area contributed by atoms with Gasteiger partial charge < -0.3 is 4.74 Å². The second kappa shape index (κ2) is 4.99. The molecule has 0 aliphatic rings. The molecule has 1 rings (SSSR count). The molecule has 0 aliphatic heterocycles. The molecule has 0 bridgehead atoms. The summed E-state index contributed by atoms with van der Waals surface area (Å²) in [5.74, 6) is -0.456. The van der Waals surface area contributed by atoms with Gasteiger partial charge in [0.05, 0.1) is 5.56 Å². The molecule has 0 saturated heterocycles. The van der Waals surface area contributed by atoms with Gasteiger partial charge in [0.1, 0.15) is 0 Å². The summed E-state index contributed by atoms with van der Waals surface area (Å²) in [5, 5.41) is 14.1. The molecule has 0 aliphatic carbocycles. The first-order chi connectivity index (χ1) is 7.90. The molecule has 2 N–H and O–H groups in total. The van der Waals surface area contributed by atoms with Crippen LogP contribution in [0, 0.1) is 10.8 Å². The Balaban J connectivity index is 3.24. The van der Waals surface area contributed by atoms with E-state index in [0.717, 1.165) is 12.1 Å². The lowest BCUT2D eigenvalue weighted by Gasteiger charge is -2.12. The minimum atomic E-state index is -4.45. The van der Waals surface area contributed by atoms with Gasteiger partial charge in [0, 0.05) is 5.56 Å². The standard InChI is InChI=1S/C11H11F3N2O/c1-2-7-3-4-8(11(12,13)14)5-9(7)10(16)17-6-15/h3-6,15-16H,2H2,1H3. The number of alkyl halides is 3. The zero-order chi connectivity index (χ0) is 13.1. The Kier molecular flexibility index (Phi) is 3.88. The van der Waals surface area contributed by atoms with E-state index in [0.29, 0.717) is 18.4 Å². The quantitative estimate of drug-likeness (QED) is 0.622. The molecule has 0 fully saturated rings. The van der Waals surface area contributed by atoms with E-state index in [2.05, 4.69) is 4.74 Å². The van der Waals surface area contributed by atoms with Crippen molar-refractivity contribution in [3.8, 4) is 0 Å². The fourth-order valence-electron chi connectivity index (χ4n) is 1.39. The molecular formula is C11H11F3N2O. The minimum absolute atomic E-state index is 0.0609. The van der Waals surface area contributed by atoms with Gasteiger partial charge in [-0.05, 0) is 24.1 Å². The average molecular weight is 244 g/mol. The molecular weight excluding hydrogens is 233 g/mol. The molecule has 3 nitrogen and oxygen atoms in total. The van der Waals surface area contributed by atoms with Gasteiger partial charge in [0.2, 0.25) is 5.90 Å². The van der Waals surface area contributed by atoms with Crippen LogP contribution in [0.5, 0.6) is 0 Å². The molecule has 1 aromatic rings. The first-order valence-electron chi connectivity index (χ1n) is 4.84. The van der Waals surface area contributed by atoms with E-state index in [4.69, 9.17) is 10.8 Å². The van der Waals surface area contributed by atoms with Crippen molar-refractivity contribution >= 4 is 12.3 Å². The Morgan fingerprint density at radius 2 is 2.06 bits per heavy atom. The third-order valence-electron chi connectivity index (χ3n) is 2.24. The number of ether oxygens (including phenoxy) is 1. The van der Waals surface area contributed by atoms with Crippen LogP contribution in [0.4, 0.5) is 13.2 Å². The Bertz CT molecular complexity index is 441. The molecule has 1 aromatic carbocycles. The largest absolute Gasteiger partial charge is 0.428 e. The molecule has 0 unspecified atom stereocenters. The van der Waals surface area contributed by atoms with E-state index in [1.54, 1.807) is 6.92 Å². The van der Waals surface area contributed by atoms with Gasteiger partial charge in [-0.1, -0.05) is 13.0 Å². The van der Waals surface area contributed by atoms with Crippen molar-refractivity contribution in [1.82, 2.24) is 0 Å². The van der Waals surface area contributed by atoms with Crippen molar-refractivity contribution in [2.75, 3.05) is 0 Å². The van der Waals surface area contributed by atoms with Gasteiger partial charge in [-0.3, -0.25) is 10.8 Å². The van der Waals surface area contributed by atoms with Gasteiger partial charge >= 0.3 is 6.18 Å². The number of halogens is 3. The van der Waals surface area contributed by atoms with E-state index in [1.165, 1.54) is 6.07 Å². The lowest BCUT2D eigenvalue weighted by molar-refractivity contribution is -0.137. The van der Waals surface area contributed by atoms with E-state index in [1.807, 2.05) is 0 Å². The third-order valence-corrected chi connectivity index (χ3v) is 2.24. The van der Waals surface area contributed by atoms with Gasteiger partial charge in [-0.15, -0.1) is 0 Å². The maximum absolute atomic E-state index is 12.5. The van der Waals surface area contributed by atoms with Crippen molar-refractivity contribution in [3.63, 3.8) is 0 Å². The van der Waals surface area contributed by atoms with Crippen LogP contribution in [0.25, 0.3) is 0 Å². The summed E-state index contributed by atoms with van der Waals surface area (Å²) < 4.78 is 42.0. The van der Waals surface area contributed by atoms with Gasteiger partial charge in [0.25, 0.3) is 0 Å². The molecule has 0 spiro atoms. The highest BCUT2D eigenvalue weighted by molar-refractivity contribution is 5.96. The zero-order valence-corrected chi connectivity index (χ0v) is 9.06. The van der Waals surface area contributed by atoms with Crippen molar-refractivity contribution in [2.24, 2.45) is 0 Å². The topological polar surface area (TPSA) is 56.9 Å². The van der Waals surface area contributed by atoms with Gasteiger partial charge in [-0.25, -0.2) is 0 Å². The van der Waals surface area contributed by atoms with Gasteiger partial charge in [0.15, 0.2) is 6.40 Å². The number of aryl methyl sites for hydroxylation is 1. The van der Waals surface area contributed by atoms with E-state index in [9.17, 15) is 13.2 Å². The molecule has 0 radical (unpaired) electrons. The maximum Gasteiger partial charge on any atom is 0.416 e. The lowest BCUT2D eigenvalue weighted by atomic mass is 10.0. The van der Waals surface area contributed by atoms with Crippen molar-refractivity contribution in [1.29, 1.82) is 10.8 Å². The summed E-state index contributed by atoms with van der Waals surface area (Å²) >= 11 is 0. The number of benzene rings is 1. The summed E-state index contributed by atoms with van der Waals surface area (Å²) in [4.78, 5) is 0. The van der Waals surface area contributed by atoms with Crippen LogP contribution in [0.2, 0.25) is 0 Å². The molecule has 6 heteroatoms. The van der Waals surface area contributed by atoms with Crippen LogP contribution in [-0.2, 0) is 17.3 Å². The second-order valence-corrected chi connectivity index (χ2v) is 3.29. The van der Waals surface area contributed by atoms with Crippen molar-refractivity contribution in [2.45, 2.75) is 19.5 Å². The van der Waals surface area contributed by atoms with Crippen LogP contribution in [0.3, 0.4) is 0 Å². The molecule has 0 saturated carbocycles. The Morgan fingerprint density at radius 3 is 2.53 bits per heavy atom. The molecule has 0 heterocycles. The van der Waals surface area contributed by atoms with Crippen molar-refractivity contribution < 1.29 is 17.9 Å². The number of nitrogens with one attached hydrogen (secondary N) is 2. The lowest BCUT2D eigenvalue weighted by Crippen LogP contribution is -2.11. The predicted octanol–water partition coefficient (Wildman–Crippen LogP) is 3.22. The fraction of sp³-hybridized carbons (Fsp3) is 0.273. The van der Waals surface area contributed by atoms with Crippen LogP contribution in [0.15, 0.2) is 18.2 Å². The number of hydrogen-bond donors (Lipinski definition) is 2. The summed E-state index contributed by atoms with van der Waals surface area (Å²) in [6, 6.07) is 3.16. The predicted molar refractivity (Wildman–Crippen MR) is 57.5 cm³/mol. The second-order valence-electron chi connectivity index (χ2n) is 3.29. The monoisotopic (exact) mass is 244 g/mol. The van der Waals surface area contributed by atoms with Crippen LogP contribution < -0.4 is 0 Å². The molecule has 0 aromatic heterocycles. The first-order valence-corrected chi connectivity index (χ1v) is 4.84. The zero-order valence-electron chi connectivity index (χ0n) is 9.06. The highest BCUT2D eigenvalue weighted by atomic mass is 19.4. The third kappa shape index (κ3) is 3.05. The summed E-state index contributed by atoms with van der Waals surface area (Å²) in [6.45, 7) is 1.77. The van der Waals surface area contributed by atoms with Crippen LogP contribution in [-0.4, -0.2) is 12.3 Å². The summed E-state index contributed by atoms with van der Waals surface area (Å²) in [5.41, 5.74) is -0.196. The fourth-order valence-corrected chi connectivity index (χ4v) is 1.39. The van der Waals surface area contributed by atoms with Crippen molar-refractivity contribution in [3.05, 3.63) is 34.9 Å². The van der Waals surface area contributed by atoms with E-state index >= 15 is 0 Å². The Labute approximate surface area is 96.2 Å². The molecule has 0 atom stereocenters. The normalized spacial score (nSPS) is 11.1. The minimum Gasteiger partial charge on any atom is -0.428 e. The molecule has 0 amide bonds. The first kappa shape index (κ1) is 13.2. The summed E-state index contributed by atoms with van der Waals surface area (Å²) in [7, 11) is 0. The SMILES string of the molecule is CCc1ccc(C(F)(F)F)cc1C(=N)OC=N. The Morgan fingerprint density at radius 1 is 1.41 bits per heavy atom. The maximum atomic E-state index is 12.5. The summed E-state index contributed by atoms with van der Waals surface area (Å²) in [6.07, 6.45) is -3.45. The number of hydrogen-bond acceptors (Lipinski definition) is 3.